The molecule has 1 saturated heterocycles. The number of anilines is 1. The maximum atomic E-state index is 12.5. The van der Waals surface area contributed by atoms with Gasteiger partial charge < -0.3 is 9.64 Å². The number of ether oxygens (including phenoxy) is 1. The van der Waals surface area contributed by atoms with E-state index >= 15 is 0 Å². The van der Waals surface area contributed by atoms with Crippen molar-refractivity contribution in [2.45, 2.75) is 6.10 Å². The second-order valence-electron chi connectivity index (χ2n) is 6.29. The van der Waals surface area contributed by atoms with E-state index in [1.54, 1.807) is 23.9 Å². The summed E-state index contributed by atoms with van der Waals surface area (Å²) in [6.45, 7) is 1.79. The van der Waals surface area contributed by atoms with Crippen LogP contribution in [-0.4, -0.2) is 39.2 Å². The van der Waals surface area contributed by atoms with E-state index in [0.717, 1.165) is 5.56 Å². The molecule has 0 spiro atoms. The van der Waals surface area contributed by atoms with Crippen LogP contribution in [0.15, 0.2) is 53.7 Å². The number of hydrogen-bond acceptors (Lipinski definition) is 6. The summed E-state index contributed by atoms with van der Waals surface area (Å²) in [6, 6.07) is 10.8. The van der Waals surface area contributed by atoms with Crippen molar-refractivity contribution in [1.29, 1.82) is 0 Å². The average molecular weight is 384 g/mol. The number of benzene rings is 1. The van der Waals surface area contributed by atoms with Crippen LogP contribution in [0.3, 0.4) is 0 Å². The van der Waals surface area contributed by atoms with Gasteiger partial charge in [-0.1, -0.05) is 23.7 Å². The standard InChI is InChI=1S/C19H18ClN5O2/c1-24-18(26)10-16(15-6-7-21-12-22-15)23-19(24)25-8-9-27-17(11-25)13-2-4-14(20)5-3-13/h2-7,10,12,17H,8-9,11H2,1H3. The highest BCUT2D eigenvalue weighted by Crippen LogP contribution is 2.26. The summed E-state index contributed by atoms with van der Waals surface area (Å²) in [5, 5.41) is 0.688. The molecular weight excluding hydrogens is 366 g/mol. The molecule has 2 aromatic heterocycles. The van der Waals surface area contributed by atoms with E-state index < -0.39 is 0 Å². The maximum absolute atomic E-state index is 12.5. The van der Waals surface area contributed by atoms with Gasteiger partial charge in [-0.2, -0.15) is 0 Å². The molecule has 0 bridgehead atoms. The molecule has 1 aromatic carbocycles. The Labute approximate surface area is 161 Å². The van der Waals surface area contributed by atoms with E-state index in [2.05, 4.69) is 14.9 Å². The predicted molar refractivity (Wildman–Crippen MR) is 103 cm³/mol. The molecule has 0 amide bonds. The molecule has 1 unspecified atom stereocenters. The van der Waals surface area contributed by atoms with Crippen LogP contribution >= 0.6 is 11.6 Å². The van der Waals surface area contributed by atoms with Crippen LogP contribution in [0.2, 0.25) is 5.02 Å². The van der Waals surface area contributed by atoms with Gasteiger partial charge in [-0.05, 0) is 23.8 Å². The summed E-state index contributed by atoms with van der Waals surface area (Å²) in [6.07, 6.45) is 2.96. The summed E-state index contributed by atoms with van der Waals surface area (Å²) in [5.41, 5.74) is 2.06. The fourth-order valence-corrected chi connectivity index (χ4v) is 3.22. The molecule has 3 aromatic rings. The number of halogens is 1. The molecule has 8 heteroatoms. The van der Waals surface area contributed by atoms with Gasteiger partial charge >= 0.3 is 0 Å². The van der Waals surface area contributed by atoms with Gasteiger partial charge in [0.25, 0.3) is 5.56 Å². The molecule has 4 rings (SSSR count). The lowest BCUT2D eigenvalue weighted by molar-refractivity contribution is 0.0390. The number of nitrogens with zero attached hydrogens (tertiary/aromatic N) is 5. The largest absolute Gasteiger partial charge is 0.370 e. The third kappa shape index (κ3) is 3.70. The average Bonchev–Trinajstić information content (AvgIpc) is 2.71. The Morgan fingerprint density at radius 2 is 2.00 bits per heavy atom. The summed E-state index contributed by atoms with van der Waals surface area (Å²) < 4.78 is 7.47. The fourth-order valence-electron chi connectivity index (χ4n) is 3.09. The van der Waals surface area contributed by atoms with Gasteiger partial charge in [0.2, 0.25) is 5.95 Å². The summed E-state index contributed by atoms with van der Waals surface area (Å²) >= 11 is 5.98. The Hall–Kier alpha value is -2.77. The smallest absolute Gasteiger partial charge is 0.255 e. The third-order valence-corrected chi connectivity index (χ3v) is 4.80. The molecule has 1 atom stereocenters. The first-order chi connectivity index (χ1) is 13.1. The van der Waals surface area contributed by atoms with Crippen LogP contribution in [-0.2, 0) is 11.8 Å². The Morgan fingerprint density at radius 3 is 2.74 bits per heavy atom. The van der Waals surface area contributed by atoms with Gasteiger partial charge in [-0.3, -0.25) is 9.36 Å². The first-order valence-electron chi connectivity index (χ1n) is 8.58. The number of hydrogen-bond donors (Lipinski definition) is 0. The SMILES string of the molecule is Cn1c(N2CCOC(c3ccc(Cl)cc3)C2)nc(-c2ccncn2)cc1=O. The van der Waals surface area contributed by atoms with E-state index in [1.807, 2.05) is 24.3 Å². The predicted octanol–water partition coefficient (Wildman–Crippen LogP) is 2.47. The zero-order valence-electron chi connectivity index (χ0n) is 14.7. The van der Waals surface area contributed by atoms with E-state index in [9.17, 15) is 4.79 Å². The molecule has 7 nitrogen and oxygen atoms in total. The molecule has 1 aliphatic rings. The topological polar surface area (TPSA) is 73.1 Å². The van der Waals surface area contributed by atoms with E-state index in [-0.39, 0.29) is 11.7 Å². The first kappa shape index (κ1) is 17.6. The number of rotatable bonds is 3. The zero-order valence-corrected chi connectivity index (χ0v) is 15.5. The summed E-state index contributed by atoms with van der Waals surface area (Å²) in [5.74, 6) is 0.596. The van der Waals surface area contributed by atoms with Crippen molar-refractivity contribution in [3.63, 3.8) is 0 Å². The summed E-state index contributed by atoms with van der Waals surface area (Å²) in [4.78, 5) is 27.3. The minimum absolute atomic E-state index is 0.115. The Kier molecular flexibility index (Phi) is 4.87. The van der Waals surface area contributed by atoms with Crippen molar-refractivity contribution >= 4 is 17.5 Å². The lowest BCUT2D eigenvalue weighted by atomic mass is 10.1. The monoisotopic (exact) mass is 383 g/mol. The maximum Gasteiger partial charge on any atom is 0.255 e. The van der Waals surface area contributed by atoms with Gasteiger partial charge in [-0.25, -0.2) is 15.0 Å². The van der Waals surface area contributed by atoms with Gasteiger partial charge in [0, 0.05) is 30.9 Å². The summed E-state index contributed by atoms with van der Waals surface area (Å²) in [7, 11) is 1.72. The second-order valence-corrected chi connectivity index (χ2v) is 6.73. The van der Waals surface area contributed by atoms with Crippen molar-refractivity contribution in [2.24, 2.45) is 7.05 Å². The molecule has 27 heavy (non-hydrogen) atoms. The van der Waals surface area contributed by atoms with E-state index in [0.29, 0.717) is 42.1 Å². The highest BCUT2D eigenvalue weighted by molar-refractivity contribution is 6.30. The molecule has 0 saturated carbocycles. The van der Waals surface area contributed by atoms with Gasteiger partial charge in [0.1, 0.15) is 12.4 Å². The third-order valence-electron chi connectivity index (χ3n) is 4.55. The lowest BCUT2D eigenvalue weighted by Gasteiger charge is -2.34. The lowest BCUT2D eigenvalue weighted by Crippen LogP contribution is -2.41. The fraction of sp³-hybridized carbons (Fsp3) is 0.263. The molecule has 1 fully saturated rings. The van der Waals surface area contributed by atoms with E-state index in [1.165, 1.54) is 12.4 Å². The van der Waals surface area contributed by atoms with Crippen molar-refractivity contribution in [2.75, 3.05) is 24.6 Å². The Balaban J connectivity index is 1.67. The van der Waals surface area contributed by atoms with Crippen LogP contribution in [0.1, 0.15) is 11.7 Å². The second kappa shape index (κ2) is 7.46. The molecule has 0 N–H and O–H groups in total. The molecule has 0 radical (unpaired) electrons. The molecular formula is C19H18ClN5O2. The Morgan fingerprint density at radius 1 is 1.19 bits per heavy atom. The quantitative estimate of drug-likeness (QED) is 0.691. The van der Waals surface area contributed by atoms with Crippen LogP contribution in [0.5, 0.6) is 0 Å². The van der Waals surface area contributed by atoms with Gasteiger partial charge in [0.05, 0.1) is 24.5 Å². The zero-order chi connectivity index (χ0) is 18.8. The molecule has 138 valence electrons. The van der Waals surface area contributed by atoms with Crippen LogP contribution < -0.4 is 10.5 Å². The molecule has 0 aliphatic carbocycles. The highest BCUT2D eigenvalue weighted by Gasteiger charge is 2.25. The van der Waals surface area contributed by atoms with Crippen LogP contribution in [0.25, 0.3) is 11.4 Å². The van der Waals surface area contributed by atoms with Crippen molar-refractivity contribution in [3.8, 4) is 11.4 Å². The molecule has 3 heterocycles. The number of aromatic nitrogens is 4. The van der Waals surface area contributed by atoms with Crippen LogP contribution in [0.4, 0.5) is 5.95 Å². The van der Waals surface area contributed by atoms with Crippen LogP contribution in [0, 0.1) is 0 Å². The van der Waals surface area contributed by atoms with Crippen molar-refractivity contribution in [1.82, 2.24) is 19.5 Å². The van der Waals surface area contributed by atoms with Gasteiger partial charge in [0.15, 0.2) is 0 Å². The van der Waals surface area contributed by atoms with E-state index in [4.69, 9.17) is 21.3 Å². The minimum atomic E-state index is -0.136. The van der Waals surface area contributed by atoms with Gasteiger partial charge in [-0.15, -0.1) is 0 Å². The van der Waals surface area contributed by atoms with Crippen molar-refractivity contribution < 1.29 is 4.74 Å². The first-order valence-corrected chi connectivity index (χ1v) is 8.96. The minimum Gasteiger partial charge on any atom is -0.370 e. The number of morpholine rings is 1. The van der Waals surface area contributed by atoms with Crippen molar-refractivity contribution in [3.05, 3.63) is 69.9 Å². The Bertz CT molecular complexity index is 991. The normalized spacial score (nSPS) is 17.1. The highest BCUT2D eigenvalue weighted by atomic mass is 35.5. The molecule has 1 aliphatic heterocycles.